The molecule has 8 nitrogen and oxygen atoms in total. The Balaban J connectivity index is 1.69. The highest BCUT2D eigenvalue weighted by Gasteiger charge is 2.33. The zero-order valence-corrected chi connectivity index (χ0v) is 15.9. The summed E-state index contributed by atoms with van der Waals surface area (Å²) >= 11 is 11.9. The van der Waals surface area contributed by atoms with E-state index in [2.05, 4.69) is 10.5 Å². The van der Waals surface area contributed by atoms with E-state index in [0.29, 0.717) is 0 Å². The molecule has 26 heavy (non-hydrogen) atoms. The van der Waals surface area contributed by atoms with E-state index in [9.17, 15) is 18.0 Å². The van der Waals surface area contributed by atoms with Crippen LogP contribution in [0.5, 0.6) is 0 Å². The number of halogens is 2. The molecule has 140 valence electrons. The van der Waals surface area contributed by atoms with E-state index in [-0.39, 0.29) is 71.5 Å². The number of sulfonamides is 1. The largest absolute Gasteiger partial charge is 0.335 e. The number of nitrogens with zero attached hydrogens (tertiary/aromatic N) is 3. The van der Waals surface area contributed by atoms with Crippen LogP contribution in [-0.4, -0.2) is 61.3 Å². The zero-order valence-electron chi connectivity index (χ0n) is 13.6. The Morgan fingerprint density at radius 2 is 1.81 bits per heavy atom. The van der Waals surface area contributed by atoms with Crippen LogP contribution in [-0.2, 0) is 19.6 Å². The minimum absolute atomic E-state index is 0.0502. The van der Waals surface area contributed by atoms with E-state index in [4.69, 9.17) is 23.2 Å². The van der Waals surface area contributed by atoms with Gasteiger partial charge in [0, 0.05) is 44.0 Å². The third-order valence-electron chi connectivity index (χ3n) is 4.19. The fourth-order valence-corrected chi connectivity index (χ4v) is 4.92. The highest BCUT2D eigenvalue weighted by atomic mass is 35.5. The van der Waals surface area contributed by atoms with Crippen LogP contribution in [0.1, 0.15) is 12.8 Å². The van der Waals surface area contributed by atoms with Crippen LogP contribution >= 0.6 is 23.2 Å². The molecule has 11 heteroatoms. The number of hydrazone groups is 1. The van der Waals surface area contributed by atoms with Crippen molar-refractivity contribution >= 4 is 50.8 Å². The van der Waals surface area contributed by atoms with Gasteiger partial charge in [-0.25, -0.2) is 13.8 Å². The molecule has 1 aromatic rings. The minimum atomic E-state index is -3.80. The zero-order chi connectivity index (χ0) is 18.9. The highest BCUT2D eigenvalue weighted by molar-refractivity contribution is 7.89. The lowest BCUT2D eigenvalue weighted by atomic mass is 10.1. The van der Waals surface area contributed by atoms with Crippen molar-refractivity contribution in [3.63, 3.8) is 0 Å². The quantitative estimate of drug-likeness (QED) is 0.793. The lowest BCUT2D eigenvalue weighted by Crippen LogP contribution is -2.52. The normalized spacial score (nSPS) is 19.1. The predicted molar refractivity (Wildman–Crippen MR) is 96.6 cm³/mol. The van der Waals surface area contributed by atoms with Gasteiger partial charge in [-0.15, -0.1) is 0 Å². The van der Waals surface area contributed by atoms with Gasteiger partial charge in [-0.2, -0.15) is 9.41 Å². The van der Waals surface area contributed by atoms with E-state index < -0.39 is 10.0 Å². The van der Waals surface area contributed by atoms with Gasteiger partial charge in [0.1, 0.15) is 10.6 Å². The van der Waals surface area contributed by atoms with Gasteiger partial charge < -0.3 is 4.90 Å². The Bertz CT molecular complexity index is 880. The molecule has 1 fully saturated rings. The third kappa shape index (κ3) is 3.85. The lowest BCUT2D eigenvalue weighted by molar-refractivity contribution is -0.125. The molecule has 1 saturated heterocycles. The van der Waals surface area contributed by atoms with E-state index in [1.165, 1.54) is 27.4 Å². The highest BCUT2D eigenvalue weighted by Crippen LogP contribution is 2.28. The maximum atomic E-state index is 12.8. The number of carbonyl (C=O) groups is 2. The Morgan fingerprint density at radius 1 is 1.12 bits per heavy atom. The minimum Gasteiger partial charge on any atom is -0.335 e. The molecule has 0 aliphatic carbocycles. The van der Waals surface area contributed by atoms with E-state index >= 15 is 0 Å². The first kappa shape index (κ1) is 19.1. The second-order valence-corrected chi connectivity index (χ2v) is 8.61. The van der Waals surface area contributed by atoms with E-state index in [1.54, 1.807) is 0 Å². The van der Waals surface area contributed by atoms with Gasteiger partial charge in [0.25, 0.3) is 5.91 Å². The summed E-state index contributed by atoms with van der Waals surface area (Å²) in [5, 5.41) is 4.16. The maximum absolute atomic E-state index is 12.8. The monoisotopic (exact) mass is 418 g/mol. The second-order valence-electron chi connectivity index (χ2n) is 5.86. The first-order valence-corrected chi connectivity index (χ1v) is 10.1. The van der Waals surface area contributed by atoms with Crippen LogP contribution in [0.4, 0.5) is 0 Å². The number of carbonyl (C=O) groups excluding carboxylic acids is 2. The van der Waals surface area contributed by atoms with Gasteiger partial charge in [-0.05, 0) is 18.2 Å². The standard InChI is InChI=1S/C15H16Cl2N4O4S/c16-10-1-2-11(17)13(9-10)26(24,25)21-7-5-20(6-8-21)15(23)12-3-4-14(22)19-18-12/h1-2,9H,3-8H2,(H,19,22). The molecule has 1 N–H and O–H groups in total. The summed E-state index contributed by atoms with van der Waals surface area (Å²) in [7, 11) is -3.80. The molecule has 2 aliphatic heterocycles. The molecule has 0 aromatic heterocycles. The summed E-state index contributed by atoms with van der Waals surface area (Å²) in [6.45, 7) is 0.722. The molecule has 2 heterocycles. The summed E-state index contributed by atoms with van der Waals surface area (Å²) in [5.74, 6) is -0.515. The number of rotatable bonds is 3. The van der Waals surface area contributed by atoms with Crippen molar-refractivity contribution in [2.75, 3.05) is 26.2 Å². The van der Waals surface area contributed by atoms with Crippen LogP contribution in [0, 0.1) is 0 Å². The summed E-state index contributed by atoms with van der Waals surface area (Å²) in [6.07, 6.45) is 0.494. The topological polar surface area (TPSA) is 99.2 Å². The van der Waals surface area contributed by atoms with Gasteiger partial charge >= 0.3 is 0 Å². The second kappa shape index (κ2) is 7.51. The van der Waals surface area contributed by atoms with Gasteiger partial charge in [0.15, 0.2) is 0 Å². The van der Waals surface area contributed by atoms with Crippen molar-refractivity contribution in [2.45, 2.75) is 17.7 Å². The average molecular weight is 419 g/mol. The van der Waals surface area contributed by atoms with Gasteiger partial charge in [-0.3, -0.25) is 9.59 Å². The average Bonchev–Trinajstić information content (AvgIpc) is 2.64. The molecule has 1 aromatic carbocycles. The Labute approximate surface area is 160 Å². The first-order valence-electron chi connectivity index (χ1n) is 7.89. The van der Waals surface area contributed by atoms with E-state index in [0.717, 1.165) is 0 Å². The molecular formula is C15H16Cl2N4O4S. The Hall–Kier alpha value is -1.68. The predicted octanol–water partition coefficient (Wildman–Crippen LogP) is 1.09. The Kier molecular flexibility index (Phi) is 5.52. The fraction of sp³-hybridized carbons (Fsp3) is 0.400. The van der Waals surface area contributed by atoms with Crippen LogP contribution in [0.2, 0.25) is 10.0 Å². The van der Waals surface area contributed by atoms with Crippen molar-refractivity contribution < 1.29 is 18.0 Å². The molecule has 0 unspecified atom stereocenters. The fourth-order valence-electron chi connectivity index (χ4n) is 2.76. The molecule has 3 rings (SSSR count). The van der Waals surface area contributed by atoms with Crippen molar-refractivity contribution in [2.24, 2.45) is 5.10 Å². The molecule has 0 bridgehead atoms. The summed E-state index contributed by atoms with van der Waals surface area (Å²) in [4.78, 5) is 25.0. The molecule has 2 aliphatic rings. The molecule has 0 saturated carbocycles. The van der Waals surface area contributed by atoms with Gasteiger partial charge in [0.05, 0.1) is 5.02 Å². The third-order valence-corrected chi connectivity index (χ3v) is 6.80. The van der Waals surface area contributed by atoms with Crippen LogP contribution < -0.4 is 5.43 Å². The SMILES string of the molecule is O=C1CCC(C(=O)N2CCN(S(=O)(=O)c3cc(Cl)ccc3Cl)CC2)=NN1. The molecule has 2 amide bonds. The number of nitrogens with one attached hydrogen (secondary N) is 1. The number of amides is 2. The Morgan fingerprint density at radius 3 is 2.42 bits per heavy atom. The van der Waals surface area contributed by atoms with E-state index in [1.807, 2.05) is 0 Å². The van der Waals surface area contributed by atoms with Crippen molar-refractivity contribution in [1.82, 2.24) is 14.6 Å². The maximum Gasteiger partial charge on any atom is 0.270 e. The number of piperazine rings is 1. The van der Waals surface area contributed by atoms with Gasteiger partial charge in [-0.1, -0.05) is 23.2 Å². The van der Waals surface area contributed by atoms with Crippen LogP contribution in [0.25, 0.3) is 0 Å². The summed E-state index contributed by atoms with van der Waals surface area (Å²) in [5.41, 5.74) is 2.56. The molecule has 0 radical (unpaired) electrons. The van der Waals surface area contributed by atoms with Gasteiger partial charge in [0.2, 0.25) is 15.9 Å². The van der Waals surface area contributed by atoms with Crippen molar-refractivity contribution in [1.29, 1.82) is 0 Å². The number of hydrogen-bond donors (Lipinski definition) is 1. The molecule has 0 spiro atoms. The molecular weight excluding hydrogens is 403 g/mol. The van der Waals surface area contributed by atoms with Crippen molar-refractivity contribution in [3.8, 4) is 0 Å². The summed E-state index contributed by atoms with van der Waals surface area (Å²) < 4.78 is 26.8. The van der Waals surface area contributed by atoms with Crippen LogP contribution in [0.15, 0.2) is 28.2 Å². The lowest BCUT2D eigenvalue weighted by Gasteiger charge is -2.34. The summed E-state index contributed by atoms with van der Waals surface area (Å²) in [6, 6.07) is 4.27. The van der Waals surface area contributed by atoms with Crippen molar-refractivity contribution in [3.05, 3.63) is 28.2 Å². The number of hydrogen-bond acceptors (Lipinski definition) is 5. The number of benzene rings is 1. The molecule has 0 atom stereocenters. The smallest absolute Gasteiger partial charge is 0.270 e. The first-order chi connectivity index (χ1) is 12.3. The van der Waals surface area contributed by atoms with Crippen LogP contribution in [0.3, 0.4) is 0 Å².